The number of ether oxygens (including phenoxy) is 1. The number of rotatable bonds is 6. The highest BCUT2D eigenvalue weighted by molar-refractivity contribution is 5.83. The monoisotopic (exact) mass is 216 g/mol. The molecule has 1 saturated heterocycles. The number of likely N-dealkylation sites (tertiary alicyclic amines) is 1. The first kappa shape index (κ1) is 12.4. The molecular weight excluding hydrogens is 196 g/mol. The molecule has 88 valence electrons. The van der Waals surface area contributed by atoms with Crippen molar-refractivity contribution in [2.75, 3.05) is 33.9 Å². The molecule has 1 heterocycles. The molecule has 0 radical (unpaired) electrons. The summed E-state index contributed by atoms with van der Waals surface area (Å²) in [4.78, 5) is 13.4. The van der Waals surface area contributed by atoms with Crippen molar-refractivity contribution in [2.45, 2.75) is 25.0 Å². The lowest BCUT2D eigenvalue weighted by molar-refractivity contribution is -0.129. The first-order valence-corrected chi connectivity index (χ1v) is 5.32. The van der Waals surface area contributed by atoms with Crippen molar-refractivity contribution in [3.63, 3.8) is 0 Å². The predicted octanol–water partition coefficient (Wildman–Crippen LogP) is -0.796. The minimum Gasteiger partial charge on any atom is -0.391 e. The van der Waals surface area contributed by atoms with Crippen LogP contribution in [0.15, 0.2) is 0 Å². The summed E-state index contributed by atoms with van der Waals surface area (Å²) in [5, 5.41) is 12.4. The Kier molecular flexibility index (Phi) is 5.01. The van der Waals surface area contributed by atoms with E-state index in [9.17, 15) is 9.90 Å². The van der Waals surface area contributed by atoms with Gasteiger partial charge in [-0.2, -0.15) is 0 Å². The average molecular weight is 216 g/mol. The summed E-state index contributed by atoms with van der Waals surface area (Å²) in [5.74, 6) is 0.141. The summed E-state index contributed by atoms with van der Waals surface area (Å²) in [6.07, 6.45) is 0.961. The second-order valence-corrected chi connectivity index (χ2v) is 3.85. The van der Waals surface area contributed by atoms with Gasteiger partial charge >= 0.3 is 0 Å². The van der Waals surface area contributed by atoms with Crippen LogP contribution in [0.2, 0.25) is 0 Å². The molecule has 2 atom stereocenters. The fraction of sp³-hybridized carbons (Fsp3) is 0.900. The Hall–Kier alpha value is -0.650. The minimum absolute atomic E-state index is 0.0374. The molecule has 0 aromatic rings. The zero-order chi connectivity index (χ0) is 11.3. The Morgan fingerprint density at radius 2 is 2.47 bits per heavy atom. The van der Waals surface area contributed by atoms with E-state index in [1.807, 2.05) is 0 Å². The largest absolute Gasteiger partial charge is 0.391 e. The number of carbonyl (C=O) groups excluding carboxylic acids is 1. The number of hydrogen-bond donors (Lipinski definition) is 2. The Morgan fingerprint density at radius 1 is 1.73 bits per heavy atom. The van der Waals surface area contributed by atoms with Crippen LogP contribution in [0, 0.1) is 0 Å². The van der Waals surface area contributed by atoms with Crippen LogP contribution in [0.4, 0.5) is 0 Å². The molecule has 1 rings (SSSR count). The molecule has 5 heteroatoms. The first-order valence-electron chi connectivity index (χ1n) is 5.32. The fourth-order valence-corrected chi connectivity index (χ4v) is 1.81. The van der Waals surface area contributed by atoms with E-state index in [0.717, 1.165) is 13.0 Å². The van der Waals surface area contributed by atoms with Gasteiger partial charge in [0.1, 0.15) is 0 Å². The van der Waals surface area contributed by atoms with E-state index in [-0.39, 0.29) is 11.9 Å². The normalized spacial score (nSPS) is 23.5. The third-order valence-corrected chi connectivity index (χ3v) is 2.74. The first-order chi connectivity index (χ1) is 7.19. The summed E-state index contributed by atoms with van der Waals surface area (Å²) in [6, 6.07) is -0.0374. The van der Waals surface area contributed by atoms with Gasteiger partial charge in [0.25, 0.3) is 0 Å². The molecule has 2 N–H and O–H groups in total. The third kappa shape index (κ3) is 3.44. The topological polar surface area (TPSA) is 61.8 Å². The molecule has 0 aromatic heterocycles. The third-order valence-electron chi connectivity index (χ3n) is 2.74. The van der Waals surface area contributed by atoms with Gasteiger partial charge in [-0.25, -0.2) is 0 Å². The molecule has 1 amide bonds. The number of hydrogen-bond acceptors (Lipinski definition) is 4. The van der Waals surface area contributed by atoms with Crippen LogP contribution in [0.25, 0.3) is 0 Å². The Morgan fingerprint density at radius 3 is 3.00 bits per heavy atom. The standard InChI is InChI=1S/C10H20N2O3/c1-11-9-4-6-12(10(9)14)5-3-8(13)7-15-2/h8-9,11,13H,3-7H2,1-2H3. The maximum absolute atomic E-state index is 11.7. The molecule has 0 saturated carbocycles. The van der Waals surface area contributed by atoms with Crippen LogP contribution in [0.3, 0.4) is 0 Å². The van der Waals surface area contributed by atoms with Crippen molar-refractivity contribution < 1.29 is 14.6 Å². The molecule has 0 aliphatic carbocycles. The van der Waals surface area contributed by atoms with E-state index in [2.05, 4.69) is 5.32 Å². The summed E-state index contributed by atoms with van der Waals surface area (Å²) >= 11 is 0. The van der Waals surface area contributed by atoms with Crippen LogP contribution >= 0.6 is 0 Å². The van der Waals surface area contributed by atoms with Crippen molar-refractivity contribution in [1.29, 1.82) is 0 Å². The zero-order valence-electron chi connectivity index (χ0n) is 9.40. The predicted molar refractivity (Wildman–Crippen MR) is 56.5 cm³/mol. The molecular formula is C10H20N2O3. The number of amides is 1. The number of carbonyl (C=O) groups is 1. The Labute approximate surface area is 90.4 Å². The van der Waals surface area contributed by atoms with Crippen LogP contribution in [0.1, 0.15) is 12.8 Å². The smallest absolute Gasteiger partial charge is 0.239 e. The van der Waals surface area contributed by atoms with Crippen molar-refractivity contribution >= 4 is 5.91 Å². The van der Waals surface area contributed by atoms with E-state index in [1.54, 1.807) is 19.1 Å². The SMILES string of the molecule is CNC1CCN(CCC(O)COC)C1=O. The molecule has 1 aliphatic rings. The molecule has 5 nitrogen and oxygen atoms in total. The summed E-state index contributed by atoms with van der Waals surface area (Å²) in [6.45, 7) is 1.73. The van der Waals surface area contributed by atoms with E-state index in [0.29, 0.717) is 19.6 Å². The van der Waals surface area contributed by atoms with Gasteiger partial charge in [0.05, 0.1) is 18.8 Å². The van der Waals surface area contributed by atoms with Gasteiger partial charge in [0, 0.05) is 20.2 Å². The maximum atomic E-state index is 11.7. The number of likely N-dealkylation sites (N-methyl/N-ethyl adjacent to an activating group) is 1. The minimum atomic E-state index is -0.476. The summed E-state index contributed by atoms with van der Waals surface area (Å²) < 4.78 is 4.82. The lowest BCUT2D eigenvalue weighted by Crippen LogP contribution is -2.37. The molecule has 0 bridgehead atoms. The summed E-state index contributed by atoms with van der Waals surface area (Å²) in [5.41, 5.74) is 0. The van der Waals surface area contributed by atoms with E-state index in [4.69, 9.17) is 4.74 Å². The van der Waals surface area contributed by atoms with Crippen LogP contribution < -0.4 is 5.32 Å². The maximum Gasteiger partial charge on any atom is 0.239 e. The molecule has 1 fully saturated rings. The lowest BCUT2D eigenvalue weighted by Gasteiger charge is -2.18. The van der Waals surface area contributed by atoms with E-state index < -0.39 is 6.10 Å². The van der Waals surface area contributed by atoms with Gasteiger partial charge < -0.3 is 20.1 Å². The number of aliphatic hydroxyl groups is 1. The highest BCUT2D eigenvalue weighted by Crippen LogP contribution is 2.11. The van der Waals surface area contributed by atoms with E-state index in [1.165, 1.54) is 0 Å². The summed E-state index contributed by atoms with van der Waals surface area (Å²) in [7, 11) is 3.35. The number of methoxy groups -OCH3 is 1. The molecule has 0 spiro atoms. The van der Waals surface area contributed by atoms with Crippen molar-refractivity contribution in [3.05, 3.63) is 0 Å². The Balaban J connectivity index is 2.25. The molecule has 15 heavy (non-hydrogen) atoms. The van der Waals surface area contributed by atoms with Crippen LogP contribution in [0.5, 0.6) is 0 Å². The quantitative estimate of drug-likeness (QED) is 0.610. The van der Waals surface area contributed by atoms with Gasteiger partial charge in [-0.15, -0.1) is 0 Å². The van der Waals surface area contributed by atoms with Gasteiger partial charge in [-0.3, -0.25) is 4.79 Å². The van der Waals surface area contributed by atoms with Crippen LogP contribution in [-0.4, -0.2) is 61.9 Å². The van der Waals surface area contributed by atoms with Crippen molar-refractivity contribution in [2.24, 2.45) is 0 Å². The zero-order valence-corrected chi connectivity index (χ0v) is 9.40. The second-order valence-electron chi connectivity index (χ2n) is 3.85. The number of nitrogens with one attached hydrogen (secondary N) is 1. The average Bonchev–Trinajstić information content (AvgIpc) is 2.57. The fourth-order valence-electron chi connectivity index (χ4n) is 1.81. The molecule has 2 unspecified atom stereocenters. The number of nitrogens with zero attached hydrogens (tertiary/aromatic N) is 1. The Bertz CT molecular complexity index is 211. The van der Waals surface area contributed by atoms with Gasteiger partial charge in [-0.05, 0) is 19.9 Å². The van der Waals surface area contributed by atoms with E-state index >= 15 is 0 Å². The van der Waals surface area contributed by atoms with Crippen molar-refractivity contribution in [3.8, 4) is 0 Å². The highest BCUT2D eigenvalue weighted by Gasteiger charge is 2.29. The van der Waals surface area contributed by atoms with Gasteiger partial charge in [0.15, 0.2) is 0 Å². The second kappa shape index (κ2) is 6.05. The highest BCUT2D eigenvalue weighted by atomic mass is 16.5. The van der Waals surface area contributed by atoms with Gasteiger partial charge in [0.2, 0.25) is 5.91 Å². The van der Waals surface area contributed by atoms with Crippen LogP contribution in [-0.2, 0) is 9.53 Å². The van der Waals surface area contributed by atoms with Gasteiger partial charge in [-0.1, -0.05) is 0 Å². The molecule has 1 aliphatic heterocycles. The lowest BCUT2D eigenvalue weighted by atomic mass is 10.2. The molecule has 0 aromatic carbocycles. The van der Waals surface area contributed by atoms with Crippen molar-refractivity contribution in [1.82, 2.24) is 10.2 Å². The number of aliphatic hydroxyl groups excluding tert-OH is 1.